The minimum absolute atomic E-state index is 0.203. The number of aliphatic hydroxyl groups excluding tert-OH is 1. The van der Waals surface area contributed by atoms with Crippen LogP contribution < -0.4 is 20.9 Å². The molecule has 1 aliphatic carbocycles. The van der Waals surface area contributed by atoms with Crippen molar-refractivity contribution in [1.29, 1.82) is 0 Å². The molecule has 3 unspecified atom stereocenters. The van der Waals surface area contributed by atoms with Crippen LogP contribution in [0.2, 0.25) is 0 Å². The molecule has 2 heterocycles. The summed E-state index contributed by atoms with van der Waals surface area (Å²) in [4.78, 5) is 14.7. The average Bonchev–Trinajstić information content (AvgIpc) is 3.01. The Kier molecular flexibility index (Phi) is 3.58. The molecule has 2 aliphatic rings. The molecule has 3 rings (SSSR count). The van der Waals surface area contributed by atoms with Gasteiger partial charge in [0, 0.05) is 19.0 Å². The highest BCUT2D eigenvalue weighted by Crippen LogP contribution is 2.39. The largest absolute Gasteiger partial charge is 0.464 e. The predicted octanol–water partition coefficient (Wildman–Crippen LogP) is -0.237. The standard InChI is InChI=1S/C12H20N6O2/c1-2-20-12-15-10(17-13)14-11(16-12)18-5-7-3-4-9(19)8(7)6-18/h7-9,19H,2-6,13H2,1H3,(H,14,15,16,17). The Morgan fingerprint density at radius 1 is 1.35 bits per heavy atom. The van der Waals surface area contributed by atoms with Crippen LogP contribution >= 0.6 is 0 Å². The van der Waals surface area contributed by atoms with Crippen LogP contribution in [-0.4, -0.2) is 45.9 Å². The van der Waals surface area contributed by atoms with E-state index in [1.54, 1.807) is 0 Å². The number of anilines is 2. The van der Waals surface area contributed by atoms with E-state index in [0.29, 0.717) is 24.4 Å². The van der Waals surface area contributed by atoms with Gasteiger partial charge in [0.2, 0.25) is 11.9 Å². The van der Waals surface area contributed by atoms with Crippen LogP contribution in [0.4, 0.5) is 11.9 Å². The average molecular weight is 280 g/mol. The van der Waals surface area contributed by atoms with Crippen molar-refractivity contribution >= 4 is 11.9 Å². The van der Waals surface area contributed by atoms with E-state index in [1.165, 1.54) is 0 Å². The SMILES string of the molecule is CCOc1nc(NN)nc(N2CC3CCC(O)C3C2)n1. The molecule has 0 spiro atoms. The van der Waals surface area contributed by atoms with Crippen molar-refractivity contribution in [3.63, 3.8) is 0 Å². The summed E-state index contributed by atoms with van der Waals surface area (Å²) in [6.07, 6.45) is 1.76. The molecule has 1 aromatic rings. The molecule has 0 amide bonds. The van der Waals surface area contributed by atoms with Gasteiger partial charge in [-0.05, 0) is 25.7 Å². The lowest BCUT2D eigenvalue weighted by molar-refractivity contribution is 0.133. The number of rotatable bonds is 4. The zero-order valence-electron chi connectivity index (χ0n) is 11.5. The van der Waals surface area contributed by atoms with Gasteiger partial charge >= 0.3 is 6.01 Å². The van der Waals surface area contributed by atoms with Crippen LogP contribution in [0.1, 0.15) is 19.8 Å². The van der Waals surface area contributed by atoms with Crippen LogP contribution in [0, 0.1) is 11.8 Å². The number of nitrogens with two attached hydrogens (primary N) is 1. The number of nitrogens with zero attached hydrogens (tertiary/aromatic N) is 4. The number of hydrogen-bond donors (Lipinski definition) is 3. The van der Waals surface area contributed by atoms with E-state index >= 15 is 0 Å². The second-order valence-electron chi connectivity index (χ2n) is 5.29. The molecule has 20 heavy (non-hydrogen) atoms. The first kappa shape index (κ1) is 13.3. The molecular weight excluding hydrogens is 260 g/mol. The van der Waals surface area contributed by atoms with Crippen LogP contribution in [-0.2, 0) is 0 Å². The van der Waals surface area contributed by atoms with Crippen molar-refractivity contribution in [2.24, 2.45) is 17.7 Å². The first-order valence-electron chi connectivity index (χ1n) is 6.99. The number of aliphatic hydroxyl groups is 1. The van der Waals surface area contributed by atoms with E-state index in [9.17, 15) is 5.11 Å². The topological polar surface area (TPSA) is 109 Å². The maximum absolute atomic E-state index is 9.97. The molecule has 1 aliphatic heterocycles. The minimum atomic E-state index is -0.203. The summed E-state index contributed by atoms with van der Waals surface area (Å²) < 4.78 is 5.33. The smallest absolute Gasteiger partial charge is 0.323 e. The minimum Gasteiger partial charge on any atom is -0.464 e. The molecule has 1 aromatic heterocycles. The lowest BCUT2D eigenvalue weighted by atomic mass is 10.00. The Morgan fingerprint density at radius 2 is 2.20 bits per heavy atom. The summed E-state index contributed by atoms with van der Waals surface area (Å²) in [5, 5.41) is 9.97. The maximum atomic E-state index is 9.97. The highest BCUT2D eigenvalue weighted by molar-refractivity contribution is 5.39. The van der Waals surface area contributed by atoms with Crippen LogP contribution in [0.15, 0.2) is 0 Å². The second kappa shape index (κ2) is 5.37. The fourth-order valence-electron chi connectivity index (χ4n) is 3.15. The first-order valence-corrected chi connectivity index (χ1v) is 6.99. The molecule has 0 bridgehead atoms. The quantitative estimate of drug-likeness (QED) is 0.512. The molecule has 110 valence electrons. The number of nitrogen functional groups attached to an aromatic ring is 1. The van der Waals surface area contributed by atoms with Crippen molar-refractivity contribution in [3.8, 4) is 6.01 Å². The zero-order chi connectivity index (χ0) is 14.1. The summed E-state index contributed by atoms with van der Waals surface area (Å²) in [5.74, 6) is 7.06. The van der Waals surface area contributed by atoms with E-state index in [-0.39, 0.29) is 18.1 Å². The zero-order valence-corrected chi connectivity index (χ0v) is 11.5. The molecule has 4 N–H and O–H groups in total. The van der Waals surface area contributed by atoms with Gasteiger partial charge in [0.25, 0.3) is 0 Å². The number of aromatic nitrogens is 3. The van der Waals surface area contributed by atoms with Crippen LogP contribution in [0.25, 0.3) is 0 Å². The highest BCUT2D eigenvalue weighted by Gasteiger charge is 2.42. The maximum Gasteiger partial charge on any atom is 0.323 e. The van der Waals surface area contributed by atoms with E-state index in [0.717, 1.165) is 25.9 Å². The van der Waals surface area contributed by atoms with Crippen LogP contribution in [0.5, 0.6) is 6.01 Å². The Hall–Kier alpha value is -1.67. The monoisotopic (exact) mass is 280 g/mol. The van der Waals surface area contributed by atoms with E-state index < -0.39 is 0 Å². The fraction of sp³-hybridized carbons (Fsp3) is 0.750. The lowest BCUT2D eigenvalue weighted by Gasteiger charge is -2.19. The molecule has 8 heteroatoms. The molecule has 3 atom stereocenters. The van der Waals surface area contributed by atoms with Crippen molar-refractivity contribution in [3.05, 3.63) is 0 Å². The number of hydrogen-bond acceptors (Lipinski definition) is 8. The lowest BCUT2D eigenvalue weighted by Crippen LogP contribution is -2.27. The molecule has 1 saturated heterocycles. The summed E-state index contributed by atoms with van der Waals surface area (Å²) in [5.41, 5.74) is 2.43. The summed E-state index contributed by atoms with van der Waals surface area (Å²) in [7, 11) is 0. The third-order valence-corrected chi connectivity index (χ3v) is 4.11. The fourth-order valence-corrected chi connectivity index (χ4v) is 3.15. The van der Waals surface area contributed by atoms with Gasteiger partial charge in [-0.25, -0.2) is 5.84 Å². The summed E-state index contributed by atoms with van der Waals surface area (Å²) >= 11 is 0. The molecule has 8 nitrogen and oxygen atoms in total. The number of fused-ring (bicyclic) bond motifs is 1. The Bertz CT molecular complexity index is 485. The van der Waals surface area contributed by atoms with Gasteiger partial charge in [-0.3, -0.25) is 5.43 Å². The summed E-state index contributed by atoms with van der Waals surface area (Å²) in [6.45, 7) is 3.99. The summed E-state index contributed by atoms with van der Waals surface area (Å²) in [6, 6.07) is 0.267. The van der Waals surface area contributed by atoms with Gasteiger partial charge in [0.15, 0.2) is 0 Å². The Morgan fingerprint density at radius 3 is 2.90 bits per heavy atom. The van der Waals surface area contributed by atoms with E-state index in [2.05, 4.69) is 25.3 Å². The normalized spacial score (nSPS) is 28.6. The molecular formula is C12H20N6O2. The van der Waals surface area contributed by atoms with Crippen molar-refractivity contribution in [1.82, 2.24) is 15.0 Å². The Labute approximate surface area is 117 Å². The third kappa shape index (κ3) is 2.36. The predicted molar refractivity (Wildman–Crippen MR) is 73.2 cm³/mol. The number of hydrazine groups is 1. The van der Waals surface area contributed by atoms with Gasteiger partial charge < -0.3 is 14.7 Å². The van der Waals surface area contributed by atoms with E-state index in [1.807, 2.05) is 6.92 Å². The molecule has 0 radical (unpaired) electrons. The van der Waals surface area contributed by atoms with Crippen molar-refractivity contribution in [2.75, 3.05) is 30.0 Å². The van der Waals surface area contributed by atoms with E-state index in [4.69, 9.17) is 10.6 Å². The number of nitrogens with one attached hydrogen (secondary N) is 1. The molecule has 1 saturated carbocycles. The Balaban J connectivity index is 1.81. The highest BCUT2D eigenvalue weighted by atomic mass is 16.5. The van der Waals surface area contributed by atoms with Gasteiger partial charge in [-0.15, -0.1) is 0 Å². The molecule has 2 fully saturated rings. The van der Waals surface area contributed by atoms with Crippen molar-refractivity contribution < 1.29 is 9.84 Å². The van der Waals surface area contributed by atoms with Crippen LogP contribution in [0.3, 0.4) is 0 Å². The first-order chi connectivity index (χ1) is 9.71. The van der Waals surface area contributed by atoms with Gasteiger partial charge in [-0.1, -0.05) is 0 Å². The molecule has 0 aromatic carbocycles. The van der Waals surface area contributed by atoms with Gasteiger partial charge in [0.1, 0.15) is 0 Å². The van der Waals surface area contributed by atoms with Crippen molar-refractivity contribution in [2.45, 2.75) is 25.9 Å². The second-order valence-corrected chi connectivity index (χ2v) is 5.29. The van der Waals surface area contributed by atoms with Gasteiger partial charge in [0.05, 0.1) is 12.7 Å². The van der Waals surface area contributed by atoms with Gasteiger partial charge in [-0.2, -0.15) is 15.0 Å². The number of ether oxygens (including phenoxy) is 1. The third-order valence-electron chi connectivity index (χ3n) is 4.11.